The Morgan fingerprint density at radius 2 is 2.27 bits per heavy atom. The molecule has 0 saturated carbocycles. The molecule has 11 heavy (non-hydrogen) atoms. The maximum Gasteiger partial charge on any atom is 0.116 e. The predicted octanol–water partition coefficient (Wildman–Crippen LogP) is 2.08. The number of hydrogen-bond donors (Lipinski definition) is 2. The molecule has 0 aliphatic carbocycles. The smallest absolute Gasteiger partial charge is 0.116 e. The van der Waals surface area contributed by atoms with Gasteiger partial charge in [0.05, 0.1) is 0 Å². The largest absolute Gasteiger partial charge is 0.508 e. The first-order valence-electron chi connectivity index (χ1n) is 3.41. The van der Waals surface area contributed by atoms with E-state index in [1.807, 2.05) is 13.1 Å². The van der Waals surface area contributed by atoms with E-state index < -0.39 is 0 Å². The standard InChI is InChI=1S/C9H11NO/c1-3-7-6-8(11)4-5-9(7)10-2/h3-6,10-11H,1H2,2H3. The van der Waals surface area contributed by atoms with E-state index in [2.05, 4.69) is 11.9 Å². The molecule has 0 radical (unpaired) electrons. The van der Waals surface area contributed by atoms with Gasteiger partial charge in [-0.2, -0.15) is 0 Å². The summed E-state index contributed by atoms with van der Waals surface area (Å²) in [5.74, 6) is 0.263. The van der Waals surface area contributed by atoms with Gasteiger partial charge in [-0.3, -0.25) is 0 Å². The van der Waals surface area contributed by atoms with Crippen molar-refractivity contribution in [2.75, 3.05) is 12.4 Å². The van der Waals surface area contributed by atoms with Crippen LogP contribution < -0.4 is 5.32 Å². The molecule has 2 nitrogen and oxygen atoms in total. The minimum atomic E-state index is 0.263. The van der Waals surface area contributed by atoms with Crippen LogP contribution in [-0.4, -0.2) is 12.2 Å². The van der Waals surface area contributed by atoms with Crippen molar-refractivity contribution < 1.29 is 5.11 Å². The van der Waals surface area contributed by atoms with Gasteiger partial charge in [0, 0.05) is 18.3 Å². The minimum Gasteiger partial charge on any atom is -0.508 e. The molecule has 2 heteroatoms. The van der Waals surface area contributed by atoms with Gasteiger partial charge in [0.2, 0.25) is 0 Å². The van der Waals surface area contributed by atoms with Crippen molar-refractivity contribution in [1.82, 2.24) is 0 Å². The Morgan fingerprint density at radius 3 is 2.82 bits per heavy atom. The van der Waals surface area contributed by atoms with Crippen molar-refractivity contribution in [3.05, 3.63) is 30.3 Å². The fraction of sp³-hybridized carbons (Fsp3) is 0.111. The Hall–Kier alpha value is -1.44. The van der Waals surface area contributed by atoms with E-state index in [1.165, 1.54) is 0 Å². The monoisotopic (exact) mass is 149 g/mol. The van der Waals surface area contributed by atoms with Gasteiger partial charge in [-0.15, -0.1) is 0 Å². The average Bonchev–Trinajstić information content (AvgIpc) is 2.04. The van der Waals surface area contributed by atoms with E-state index in [0.29, 0.717) is 0 Å². The van der Waals surface area contributed by atoms with Gasteiger partial charge in [0.25, 0.3) is 0 Å². The molecule has 0 heterocycles. The fourth-order valence-electron chi connectivity index (χ4n) is 0.947. The Balaban J connectivity index is 3.16. The molecule has 0 aromatic heterocycles. The van der Waals surface area contributed by atoms with Crippen molar-refractivity contribution in [2.24, 2.45) is 0 Å². The van der Waals surface area contributed by atoms with Crippen molar-refractivity contribution in [3.63, 3.8) is 0 Å². The summed E-state index contributed by atoms with van der Waals surface area (Å²) in [6, 6.07) is 5.12. The molecular weight excluding hydrogens is 138 g/mol. The van der Waals surface area contributed by atoms with Gasteiger partial charge in [-0.1, -0.05) is 12.7 Å². The minimum absolute atomic E-state index is 0.263. The molecule has 0 amide bonds. The van der Waals surface area contributed by atoms with Crippen LogP contribution in [0.1, 0.15) is 5.56 Å². The lowest BCUT2D eigenvalue weighted by molar-refractivity contribution is 0.475. The van der Waals surface area contributed by atoms with Gasteiger partial charge in [-0.25, -0.2) is 0 Å². The van der Waals surface area contributed by atoms with Crippen molar-refractivity contribution in [3.8, 4) is 5.75 Å². The first-order valence-corrected chi connectivity index (χ1v) is 3.41. The Bertz CT molecular complexity index is 268. The fourth-order valence-corrected chi connectivity index (χ4v) is 0.947. The van der Waals surface area contributed by atoms with Crippen LogP contribution in [0.5, 0.6) is 5.75 Å². The van der Waals surface area contributed by atoms with Crippen LogP contribution in [0.3, 0.4) is 0 Å². The van der Waals surface area contributed by atoms with E-state index in [1.54, 1.807) is 18.2 Å². The summed E-state index contributed by atoms with van der Waals surface area (Å²) in [6.07, 6.45) is 1.70. The third-order valence-electron chi connectivity index (χ3n) is 1.52. The van der Waals surface area contributed by atoms with E-state index in [9.17, 15) is 0 Å². The van der Waals surface area contributed by atoms with Gasteiger partial charge >= 0.3 is 0 Å². The quantitative estimate of drug-likeness (QED) is 0.631. The maximum absolute atomic E-state index is 9.09. The molecule has 0 unspecified atom stereocenters. The van der Waals surface area contributed by atoms with E-state index in [0.717, 1.165) is 11.3 Å². The van der Waals surface area contributed by atoms with Crippen LogP contribution >= 0.6 is 0 Å². The van der Waals surface area contributed by atoms with Crippen LogP contribution in [-0.2, 0) is 0 Å². The highest BCUT2D eigenvalue weighted by atomic mass is 16.3. The molecule has 0 saturated heterocycles. The third-order valence-corrected chi connectivity index (χ3v) is 1.52. The van der Waals surface area contributed by atoms with Crippen LogP contribution in [0.25, 0.3) is 6.08 Å². The summed E-state index contributed by atoms with van der Waals surface area (Å²) >= 11 is 0. The molecule has 1 rings (SSSR count). The number of anilines is 1. The normalized spacial score (nSPS) is 9.18. The zero-order valence-electron chi connectivity index (χ0n) is 6.46. The van der Waals surface area contributed by atoms with Gasteiger partial charge in [0.1, 0.15) is 5.75 Å². The Morgan fingerprint density at radius 1 is 1.55 bits per heavy atom. The molecule has 58 valence electrons. The molecule has 0 bridgehead atoms. The van der Waals surface area contributed by atoms with E-state index in [-0.39, 0.29) is 5.75 Å². The number of hydrogen-bond acceptors (Lipinski definition) is 2. The number of phenolic OH excluding ortho intramolecular Hbond substituents is 1. The number of rotatable bonds is 2. The lowest BCUT2D eigenvalue weighted by atomic mass is 10.1. The Kier molecular flexibility index (Phi) is 2.16. The number of benzene rings is 1. The molecule has 0 spiro atoms. The number of nitrogens with one attached hydrogen (secondary N) is 1. The van der Waals surface area contributed by atoms with Gasteiger partial charge in [-0.05, 0) is 18.2 Å². The zero-order chi connectivity index (χ0) is 8.27. The van der Waals surface area contributed by atoms with Gasteiger partial charge in [0.15, 0.2) is 0 Å². The topological polar surface area (TPSA) is 32.3 Å². The molecule has 0 fully saturated rings. The zero-order valence-corrected chi connectivity index (χ0v) is 6.46. The molecule has 1 aromatic rings. The molecule has 0 aliphatic rings. The van der Waals surface area contributed by atoms with Crippen molar-refractivity contribution in [2.45, 2.75) is 0 Å². The second kappa shape index (κ2) is 3.10. The highest BCUT2D eigenvalue weighted by Crippen LogP contribution is 2.21. The summed E-state index contributed by atoms with van der Waals surface area (Å²) in [5.41, 5.74) is 1.88. The van der Waals surface area contributed by atoms with Crippen LogP contribution in [0.15, 0.2) is 24.8 Å². The summed E-state index contributed by atoms with van der Waals surface area (Å²) in [5, 5.41) is 12.1. The van der Waals surface area contributed by atoms with Crippen molar-refractivity contribution >= 4 is 11.8 Å². The SMILES string of the molecule is C=Cc1cc(O)ccc1NC. The first-order chi connectivity index (χ1) is 5.27. The van der Waals surface area contributed by atoms with Crippen LogP contribution in [0.2, 0.25) is 0 Å². The number of phenols is 1. The first kappa shape index (κ1) is 7.66. The number of aromatic hydroxyl groups is 1. The third kappa shape index (κ3) is 1.52. The Labute approximate surface area is 66.2 Å². The van der Waals surface area contributed by atoms with E-state index in [4.69, 9.17) is 5.11 Å². The summed E-state index contributed by atoms with van der Waals surface area (Å²) in [7, 11) is 1.83. The highest BCUT2D eigenvalue weighted by molar-refractivity contribution is 5.66. The van der Waals surface area contributed by atoms with Crippen LogP contribution in [0, 0.1) is 0 Å². The summed E-state index contributed by atoms with van der Waals surface area (Å²) in [4.78, 5) is 0. The lowest BCUT2D eigenvalue weighted by Gasteiger charge is -2.04. The van der Waals surface area contributed by atoms with E-state index >= 15 is 0 Å². The average molecular weight is 149 g/mol. The molecular formula is C9H11NO. The predicted molar refractivity (Wildman–Crippen MR) is 47.7 cm³/mol. The lowest BCUT2D eigenvalue weighted by Crippen LogP contribution is -1.90. The molecule has 2 N–H and O–H groups in total. The summed E-state index contributed by atoms with van der Waals surface area (Å²) in [6.45, 7) is 3.63. The second-order valence-electron chi connectivity index (χ2n) is 2.23. The molecule has 1 aromatic carbocycles. The maximum atomic E-state index is 9.09. The molecule has 0 aliphatic heterocycles. The summed E-state index contributed by atoms with van der Waals surface area (Å²) < 4.78 is 0. The van der Waals surface area contributed by atoms with Crippen LogP contribution in [0.4, 0.5) is 5.69 Å². The molecule has 0 atom stereocenters. The van der Waals surface area contributed by atoms with Gasteiger partial charge < -0.3 is 10.4 Å². The highest BCUT2D eigenvalue weighted by Gasteiger charge is 1.96. The second-order valence-corrected chi connectivity index (χ2v) is 2.23. The van der Waals surface area contributed by atoms with Crippen molar-refractivity contribution in [1.29, 1.82) is 0 Å².